The molecule has 1 heterocycles. The SMILES string of the molecule is CNc1ccnc(COc2ccc(OC)cc2)c1. The van der Waals surface area contributed by atoms with Crippen LogP contribution in [0.15, 0.2) is 42.6 Å². The summed E-state index contributed by atoms with van der Waals surface area (Å²) in [5.41, 5.74) is 1.91. The van der Waals surface area contributed by atoms with Crippen LogP contribution in [-0.4, -0.2) is 19.1 Å². The maximum atomic E-state index is 5.65. The van der Waals surface area contributed by atoms with Crippen LogP contribution in [0.3, 0.4) is 0 Å². The van der Waals surface area contributed by atoms with Crippen LogP contribution in [-0.2, 0) is 6.61 Å². The summed E-state index contributed by atoms with van der Waals surface area (Å²) >= 11 is 0. The van der Waals surface area contributed by atoms with E-state index in [2.05, 4.69) is 10.3 Å². The van der Waals surface area contributed by atoms with E-state index < -0.39 is 0 Å². The van der Waals surface area contributed by atoms with Gasteiger partial charge in [-0.25, -0.2) is 0 Å². The molecule has 0 atom stereocenters. The van der Waals surface area contributed by atoms with Gasteiger partial charge in [0.15, 0.2) is 0 Å². The van der Waals surface area contributed by atoms with Gasteiger partial charge in [0.25, 0.3) is 0 Å². The predicted octanol–water partition coefficient (Wildman–Crippen LogP) is 2.71. The number of ether oxygens (including phenoxy) is 2. The Morgan fingerprint density at radius 1 is 1.11 bits per heavy atom. The molecule has 1 aromatic heterocycles. The molecule has 0 aliphatic rings. The highest BCUT2D eigenvalue weighted by atomic mass is 16.5. The number of pyridine rings is 1. The number of aromatic nitrogens is 1. The van der Waals surface area contributed by atoms with Gasteiger partial charge in [-0.3, -0.25) is 4.98 Å². The first-order valence-corrected chi connectivity index (χ1v) is 5.71. The van der Waals surface area contributed by atoms with E-state index in [1.807, 2.05) is 43.4 Å². The predicted molar refractivity (Wildman–Crippen MR) is 71.1 cm³/mol. The standard InChI is InChI=1S/C14H16N2O2/c1-15-11-7-8-16-12(9-11)10-18-14-5-3-13(17-2)4-6-14/h3-9H,10H2,1-2H3,(H,15,16). The Morgan fingerprint density at radius 2 is 1.83 bits per heavy atom. The Labute approximate surface area is 107 Å². The van der Waals surface area contributed by atoms with Gasteiger partial charge < -0.3 is 14.8 Å². The number of nitrogens with zero attached hydrogens (tertiary/aromatic N) is 1. The summed E-state index contributed by atoms with van der Waals surface area (Å²) in [4.78, 5) is 4.25. The molecule has 0 aliphatic heterocycles. The molecule has 4 nitrogen and oxygen atoms in total. The molecule has 0 radical (unpaired) electrons. The van der Waals surface area contributed by atoms with Crippen LogP contribution >= 0.6 is 0 Å². The van der Waals surface area contributed by atoms with Gasteiger partial charge in [0.05, 0.1) is 12.8 Å². The largest absolute Gasteiger partial charge is 0.497 e. The number of benzene rings is 1. The molecule has 1 aromatic carbocycles. The van der Waals surface area contributed by atoms with Gasteiger partial charge in [0.1, 0.15) is 18.1 Å². The lowest BCUT2D eigenvalue weighted by Gasteiger charge is -2.07. The van der Waals surface area contributed by atoms with Crippen LogP contribution in [0.25, 0.3) is 0 Å². The van der Waals surface area contributed by atoms with Crippen molar-refractivity contribution in [2.45, 2.75) is 6.61 Å². The monoisotopic (exact) mass is 244 g/mol. The fraction of sp³-hybridized carbons (Fsp3) is 0.214. The molecule has 94 valence electrons. The molecule has 0 aliphatic carbocycles. The Balaban J connectivity index is 1.97. The van der Waals surface area contributed by atoms with E-state index in [1.54, 1.807) is 13.3 Å². The van der Waals surface area contributed by atoms with E-state index in [1.165, 1.54) is 0 Å². The summed E-state index contributed by atoms with van der Waals surface area (Å²) in [6, 6.07) is 11.4. The minimum absolute atomic E-state index is 0.446. The molecule has 0 spiro atoms. The normalized spacial score (nSPS) is 9.89. The lowest BCUT2D eigenvalue weighted by molar-refractivity contribution is 0.300. The van der Waals surface area contributed by atoms with Crippen LogP contribution in [0, 0.1) is 0 Å². The molecule has 0 unspecified atom stereocenters. The number of nitrogens with one attached hydrogen (secondary N) is 1. The van der Waals surface area contributed by atoms with Crippen molar-refractivity contribution in [3.8, 4) is 11.5 Å². The quantitative estimate of drug-likeness (QED) is 0.878. The summed E-state index contributed by atoms with van der Waals surface area (Å²) in [6.45, 7) is 0.446. The lowest BCUT2D eigenvalue weighted by Crippen LogP contribution is -1.99. The van der Waals surface area contributed by atoms with E-state index in [0.717, 1.165) is 22.9 Å². The second-order valence-corrected chi connectivity index (χ2v) is 3.75. The van der Waals surface area contributed by atoms with Gasteiger partial charge >= 0.3 is 0 Å². The minimum Gasteiger partial charge on any atom is -0.497 e. The number of hydrogen-bond acceptors (Lipinski definition) is 4. The molecule has 0 fully saturated rings. The minimum atomic E-state index is 0.446. The highest BCUT2D eigenvalue weighted by Gasteiger charge is 1.99. The van der Waals surface area contributed by atoms with Crippen LogP contribution in [0.5, 0.6) is 11.5 Å². The van der Waals surface area contributed by atoms with Crippen molar-refractivity contribution in [1.29, 1.82) is 0 Å². The second-order valence-electron chi connectivity index (χ2n) is 3.75. The first-order valence-electron chi connectivity index (χ1n) is 5.71. The van der Waals surface area contributed by atoms with Gasteiger partial charge in [-0.2, -0.15) is 0 Å². The van der Waals surface area contributed by atoms with E-state index in [-0.39, 0.29) is 0 Å². The fourth-order valence-corrected chi connectivity index (χ4v) is 1.54. The zero-order chi connectivity index (χ0) is 12.8. The Bertz CT molecular complexity index is 497. The van der Waals surface area contributed by atoms with Crippen molar-refractivity contribution in [2.24, 2.45) is 0 Å². The van der Waals surface area contributed by atoms with Crippen LogP contribution in [0.1, 0.15) is 5.69 Å². The maximum Gasteiger partial charge on any atom is 0.130 e. The third-order valence-electron chi connectivity index (χ3n) is 2.55. The van der Waals surface area contributed by atoms with Gasteiger partial charge in [0.2, 0.25) is 0 Å². The number of methoxy groups -OCH3 is 1. The topological polar surface area (TPSA) is 43.4 Å². The smallest absolute Gasteiger partial charge is 0.130 e. The molecule has 0 bridgehead atoms. The molecular formula is C14H16N2O2. The fourth-order valence-electron chi connectivity index (χ4n) is 1.54. The average molecular weight is 244 g/mol. The second kappa shape index (κ2) is 5.91. The average Bonchev–Trinajstić information content (AvgIpc) is 2.46. The van der Waals surface area contributed by atoms with Gasteiger partial charge in [-0.05, 0) is 36.4 Å². The van der Waals surface area contributed by atoms with Crippen molar-refractivity contribution < 1.29 is 9.47 Å². The first-order chi connectivity index (χ1) is 8.81. The zero-order valence-electron chi connectivity index (χ0n) is 10.5. The summed E-state index contributed by atoms with van der Waals surface area (Å²) < 4.78 is 10.7. The number of hydrogen-bond donors (Lipinski definition) is 1. The Kier molecular flexibility index (Phi) is 4.02. The van der Waals surface area contributed by atoms with E-state index in [4.69, 9.17) is 9.47 Å². The first kappa shape index (κ1) is 12.2. The molecular weight excluding hydrogens is 228 g/mol. The Hall–Kier alpha value is -2.23. The summed E-state index contributed by atoms with van der Waals surface area (Å²) in [5, 5.41) is 3.07. The third-order valence-corrected chi connectivity index (χ3v) is 2.55. The van der Waals surface area contributed by atoms with Crippen molar-refractivity contribution in [1.82, 2.24) is 4.98 Å². The number of rotatable bonds is 5. The summed E-state index contributed by atoms with van der Waals surface area (Å²) in [7, 11) is 3.52. The van der Waals surface area contributed by atoms with Gasteiger partial charge in [-0.1, -0.05) is 0 Å². The third kappa shape index (κ3) is 3.13. The van der Waals surface area contributed by atoms with Crippen molar-refractivity contribution in [3.63, 3.8) is 0 Å². The summed E-state index contributed by atoms with van der Waals surface area (Å²) in [6.07, 6.45) is 1.76. The van der Waals surface area contributed by atoms with Crippen LogP contribution < -0.4 is 14.8 Å². The molecule has 0 saturated heterocycles. The molecule has 2 rings (SSSR count). The zero-order valence-corrected chi connectivity index (χ0v) is 10.5. The lowest BCUT2D eigenvalue weighted by atomic mass is 10.3. The maximum absolute atomic E-state index is 5.65. The molecule has 2 aromatic rings. The van der Waals surface area contributed by atoms with Gasteiger partial charge in [0, 0.05) is 18.9 Å². The molecule has 1 N–H and O–H groups in total. The van der Waals surface area contributed by atoms with Crippen LogP contribution in [0.2, 0.25) is 0 Å². The van der Waals surface area contributed by atoms with E-state index in [9.17, 15) is 0 Å². The highest BCUT2D eigenvalue weighted by molar-refractivity contribution is 5.42. The number of anilines is 1. The van der Waals surface area contributed by atoms with Crippen molar-refractivity contribution in [3.05, 3.63) is 48.3 Å². The van der Waals surface area contributed by atoms with Crippen LogP contribution in [0.4, 0.5) is 5.69 Å². The molecule has 18 heavy (non-hydrogen) atoms. The van der Waals surface area contributed by atoms with E-state index >= 15 is 0 Å². The molecule has 0 amide bonds. The van der Waals surface area contributed by atoms with E-state index in [0.29, 0.717) is 6.61 Å². The van der Waals surface area contributed by atoms with Crippen molar-refractivity contribution >= 4 is 5.69 Å². The molecule has 0 saturated carbocycles. The Morgan fingerprint density at radius 3 is 2.50 bits per heavy atom. The van der Waals surface area contributed by atoms with Gasteiger partial charge in [-0.15, -0.1) is 0 Å². The highest BCUT2D eigenvalue weighted by Crippen LogP contribution is 2.18. The molecule has 4 heteroatoms. The van der Waals surface area contributed by atoms with Crippen molar-refractivity contribution in [2.75, 3.05) is 19.5 Å². The summed E-state index contributed by atoms with van der Waals surface area (Å²) in [5.74, 6) is 1.62.